The van der Waals surface area contributed by atoms with Crippen LogP contribution in [0.15, 0.2) is 36.2 Å². The number of allylic oxidation sites excluding steroid dienone is 1. The van der Waals surface area contributed by atoms with Crippen molar-refractivity contribution in [1.82, 2.24) is 20.9 Å². The van der Waals surface area contributed by atoms with E-state index in [-0.39, 0.29) is 24.3 Å². The number of ether oxygens (including phenoxy) is 1. The van der Waals surface area contributed by atoms with Gasteiger partial charge in [0.2, 0.25) is 5.91 Å². The Morgan fingerprint density at radius 1 is 1.28 bits per heavy atom. The quantitative estimate of drug-likeness (QED) is 0.177. The largest absolute Gasteiger partial charge is 0.469 e. The number of aliphatic hydroxyl groups excluding tert-OH is 2. The van der Waals surface area contributed by atoms with E-state index in [4.69, 9.17) is 9.84 Å². The van der Waals surface area contributed by atoms with Crippen molar-refractivity contribution in [1.29, 1.82) is 5.26 Å². The van der Waals surface area contributed by atoms with Gasteiger partial charge in [0.05, 0.1) is 30.6 Å². The van der Waals surface area contributed by atoms with Gasteiger partial charge in [-0.1, -0.05) is 18.2 Å². The smallest absolute Gasteiger partial charge is 0.311 e. The lowest BCUT2D eigenvalue weighted by atomic mass is 9.60. The third-order valence-corrected chi connectivity index (χ3v) is 9.12. The molecule has 1 amide bonds. The molecule has 1 aliphatic carbocycles. The monoisotopic (exact) mass is 538 g/mol. The van der Waals surface area contributed by atoms with Crippen LogP contribution in [0.4, 0.5) is 5.69 Å². The normalized spacial score (nSPS) is 31.5. The van der Waals surface area contributed by atoms with E-state index < -0.39 is 29.4 Å². The SMILES string of the molecule is COC(=O)[C@@H]1[C@H]2C[C@@H]([C@@]3(CCN4C=C(CCCCO)NN4)C(=O)Nc4ccccc43)N(C#N)C[C@@H]2CC[C@@H]1O. The second kappa shape index (κ2) is 11.4. The molecule has 3 aliphatic heterocycles. The number of carbonyl (C=O) groups is 2. The number of nitriles is 1. The van der Waals surface area contributed by atoms with Crippen LogP contribution in [0.3, 0.4) is 0 Å². The van der Waals surface area contributed by atoms with Gasteiger partial charge < -0.3 is 30.6 Å². The van der Waals surface area contributed by atoms with Gasteiger partial charge in [-0.25, -0.2) is 0 Å². The van der Waals surface area contributed by atoms with Crippen molar-refractivity contribution >= 4 is 17.6 Å². The zero-order chi connectivity index (χ0) is 27.6. The van der Waals surface area contributed by atoms with Gasteiger partial charge in [-0.05, 0) is 68.4 Å². The van der Waals surface area contributed by atoms with Gasteiger partial charge in [-0.15, -0.1) is 5.53 Å². The molecule has 1 aromatic rings. The summed E-state index contributed by atoms with van der Waals surface area (Å²) in [6.45, 7) is 1.08. The minimum atomic E-state index is -1.03. The van der Waals surface area contributed by atoms with Gasteiger partial charge in [-0.2, -0.15) is 5.26 Å². The Bertz CT molecular complexity index is 1150. The molecule has 1 saturated heterocycles. The van der Waals surface area contributed by atoms with Crippen molar-refractivity contribution < 1.29 is 24.5 Å². The fourth-order valence-corrected chi connectivity index (χ4v) is 7.18. The molecular weight excluding hydrogens is 500 g/mol. The lowest BCUT2D eigenvalue weighted by molar-refractivity contribution is -0.160. The molecule has 6 atom stereocenters. The van der Waals surface area contributed by atoms with E-state index in [9.17, 15) is 20.0 Å². The molecule has 0 radical (unpaired) electrons. The number of aliphatic hydroxyl groups is 2. The molecule has 1 aromatic carbocycles. The molecule has 5 N–H and O–H groups in total. The van der Waals surface area contributed by atoms with Crippen molar-refractivity contribution in [2.24, 2.45) is 17.8 Å². The van der Waals surface area contributed by atoms with Gasteiger partial charge in [0.15, 0.2) is 6.19 Å². The Morgan fingerprint density at radius 2 is 2.10 bits per heavy atom. The number of methoxy groups -OCH3 is 1. The summed E-state index contributed by atoms with van der Waals surface area (Å²) in [5, 5.41) is 35.2. The topological polar surface area (TPSA) is 150 Å². The molecule has 5 rings (SSSR count). The van der Waals surface area contributed by atoms with Crippen molar-refractivity contribution in [3.63, 3.8) is 0 Å². The number of fused-ring (bicyclic) bond motifs is 2. The van der Waals surface area contributed by atoms with E-state index in [1.165, 1.54) is 7.11 Å². The number of nitrogens with zero attached hydrogens (tertiary/aromatic N) is 3. The zero-order valence-corrected chi connectivity index (χ0v) is 22.3. The first kappa shape index (κ1) is 27.2. The first-order valence-corrected chi connectivity index (χ1v) is 13.9. The van der Waals surface area contributed by atoms with Crippen molar-refractivity contribution in [3.8, 4) is 6.19 Å². The molecule has 39 heavy (non-hydrogen) atoms. The predicted molar refractivity (Wildman–Crippen MR) is 142 cm³/mol. The van der Waals surface area contributed by atoms with Crippen LogP contribution in [0.2, 0.25) is 0 Å². The summed E-state index contributed by atoms with van der Waals surface area (Å²) < 4.78 is 5.09. The molecule has 0 unspecified atom stereocenters. The summed E-state index contributed by atoms with van der Waals surface area (Å²) in [6.07, 6.45) is 7.99. The third-order valence-electron chi connectivity index (χ3n) is 9.12. The van der Waals surface area contributed by atoms with Crippen LogP contribution in [0.25, 0.3) is 0 Å². The number of likely N-dealkylation sites (tertiary alicyclic amines) is 1. The number of nitrogens with one attached hydrogen (secondary N) is 3. The molecule has 1 saturated carbocycles. The van der Waals surface area contributed by atoms with Crippen LogP contribution in [-0.4, -0.2) is 71.0 Å². The molecular formula is C28H38N6O5. The number of para-hydroxylation sites is 1. The Hall–Kier alpha value is -3.33. The number of amides is 1. The fraction of sp³-hybridized carbons (Fsp3) is 0.607. The maximum absolute atomic E-state index is 14.0. The molecule has 0 spiro atoms. The Morgan fingerprint density at radius 3 is 2.87 bits per heavy atom. The van der Waals surface area contributed by atoms with E-state index >= 15 is 0 Å². The van der Waals surface area contributed by atoms with Gasteiger partial charge in [0, 0.05) is 37.3 Å². The molecule has 4 aliphatic rings. The number of rotatable bonds is 9. The highest BCUT2D eigenvalue weighted by Gasteiger charge is 2.59. The average molecular weight is 539 g/mol. The minimum absolute atomic E-state index is 0.0546. The standard InChI is InChI=1S/C28H38N6O5/c1-39-26(37)25-20-14-24(33(17-29)15-18(20)9-10-23(25)36)28(21-7-2-3-8-22(21)30-27(28)38)11-12-34-16-19(31-32-34)6-4-5-13-35/h2-3,7-8,16,18,20,23-25,31-32,35-36H,4-6,9-15H2,1H3,(H,30,38)/t18-,20-,23-,24-,25+,28-/m0/s1. The maximum Gasteiger partial charge on any atom is 0.311 e. The first-order valence-electron chi connectivity index (χ1n) is 13.9. The highest BCUT2D eigenvalue weighted by molar-refractivity contribution is 6.07. The van der Waals surface area contributed by atoms with E-state index in [1.807, 2.05) is 35.5 Å². The number of carbonyl (C=O) groups excluding carboxylic acids is 2. The molecule has 11 nitrogen and oxygen atoms in total. The van der Waals surface area contributed by atoms with Gasteiger partial charge >= 0.3 is 5.97 Å². The third kappa shape index (κ3) is 4.93. The molecule has 0 bridgehead atoms. The van der Waals surface area contributed by atoms with E-state index in [2.05, 4.69) is 22.5 Å². The number of esters is 1. The lowest BCUT2D eigenvalue weighted by Crippen LogP contribution is -2.61. The first-order chi connectivity index (χ1) is 18.9. The van der Waals surface area contributed by atoms with Gasteiger partial charge in [0.1, 0.15) is 0 Å². The van der Waals surface area contributed by atoms with Crippen LogP contribution < -0.4 is 16.3 Å². The summed E-state index contributed by atoms with van der Waals surface area (Å²) in [6, 6.07) is 7.13. The number of piperidine rings is 1. The minimum Gasteiger partial charge on any atom is -0.469 e. The molecule has 3 heterocycles. The Labute approximate surface area is 228 Å². The number of hydrogen-bond acceptors (Lipinski definition) is 10. The maximum atomic E-state index is 14.0. The van der Waals surface area contributed by atoms with E-state index in [0.29, 0.717) is 38.8 Å². The summed E-state index contributed by atoms with van der Waals surface area (Å²) in [5.74, 6) is -1.41. The number of benzene rings is 1. The van der Waals surface area contributed by atoms with E-state index in [0.717, 1.165) is 36.2 Å². The zero-order valence-electron chi connectivity index (χ0n) is 22.3. The lowest BCUT2D eigenvalue weighted by Gasteiger charge is -2.52. The van der Waals surface area contributed by atoms with Crippen LogP contribution in [-0.2, 0) is 19.7 Å². The Kier molecular flexibility index (Phi) is 7.98. The molecule has 2 fully saturated rings. The van der Waals surface area contributed by atoms with Gasteiger partial charge in [0.25, 0.3) is 0 Å². The van der Waals surface area contributed by atoms with Gasteiger partial charge in [-0.3, -0.25) is 14.6 Å². The van der Waals surface area contributed by atoms with Crippen LogP contribution >= 0.6 is 0 Å². The van der Waals surface area contributed by atoms with E-state index in [1.54, 1.807) is 4.90 Å². The highest BCUT2D eigenvalue weighted by atomic mass is 16.5. The summed E-state index contributed by atoms with van der Waals surface area (Å²) >= 11 is 0. The Balaban J connectivity index is 1.47. The molecule has 210 valence electrons. The number of unbranched alkanes of at least 4 members (excludes halogenated alkanes) is 1. The summed E-state index contributed by atoms with van der Waals surface area (Å²) in [4.78, 5) is 28.5. The fourth-order valence-electron chi connectivity index (χ4n) is 7.18. The summed E-state index contributed by atoms with van der Waals surface area (Å²) in [7, 11) is 1.34. The van der Waals surface area contributed by atoms with Crippen LogP contribution in [0, 0.1) is 29.2 Å². The van der Waals surface area contributed by atoms with Crippen molar-refractivity contribution in [2.45, 2.75) is 62.5 Å². The van der Waals surface area contributed by atoms with Crippen molar-refractivity contribution in [2.75, 3.05) is 32.1 Å². The second-order valence-electron chi connectivity index (χ2n) is 11.1. The summed E-state index contributed by atoms with van der Waals surface area (Å²) in [5.41, 5.74) is 7.87. The number of anilines is 1. The van der Waals surface area contributed by atoms with Crippen LogP contribution in [0.1, 0.15) is 50.5 Å². The number of hydrazine groups is 2. The average Bonchev–Trinajstić information content (AvgIpc) is 3.52. The predicted octanol–water partition coefficient (Wildman–Crippen LogP) is 1.33. The second-order valence-corrected chi connectivity index (χ2v) is 11.1. The molecule has 0 aromatic heterocycles. The van der Waals surface area contributed by atoms with Crippen molar-refractivity contribution in [3.05, 3.63) is 41.7 Å². The number of hydrogen-bond donors (Lipinski definition) is 5. The van der Waals surface area contributed by atoms with Crippen LogP contribution in [0.5, 0.6) is 0 Å². The molecule has 11 heteroatoms. The highest BCUT2D eigenvalue weighted by Crippen LogP contribution is 2.51.